The molecule has 2 aliphatic rings. The molecule has 0 aliphatic carbocycles. The van der Waals surface area contributed by atoms with Crippen LogP contribution < -0.4 is 0 Å². The highest BCUT2D eigenvalue weighted by Gasteiger charge is 2.42. The molecule has 5 nitrogen and oxygen atoms in total. The second-order valence-corrected chi connectivity index (χ2v) is 7.42. The largest absolute Gasteiger partial charge is 0.472 e. The Bertz CT molecular complexity index is 636. The van der Waals surface area contributed by atoms with Crippen molar-refractivity contribution in [1.82, 2.24) is 9.88 Å². The van der Waals surface area contributed by atoms with Crippen LogP contribution in [0.15, 0.2) is 47.5 Å². The Balaban J connectivity index is 1.20. The molecule has 0 aromatic carbocycles. The van der Waals surface area contributed by atoms with Gasteiger partial charge in [-0.2, -0.15) is 0 Å². The Hall–Kier alpha value is -1.69. The van der Waals surface area contributed by atoms with Gasteiger partial charge in [-0.25, -0.2) is 0 Å². The van der Waals surface area contributed by atoms with E-state index in [1.54, 1.807) is 12.5 Å². The van der Waals surface area contributed by atoms with Gasteiger partial charge in [0.15, 0.2) is 0 Å². The van der Waals surface area contributed by atoms with Gasteiger partial charge in [0.05, 0.1) is 38.5 Å². The number of ether oxygens (including phenoxy) is 2. The van der Waals surface area contributed by atoms with Crippen molar-refractivity contribution in [2.24, 2.45) is 5.41 Å². The summed E-state index contributed by atoms with van der Waals surface area (Å²) in [5, 5.41) is 0. The highest BCUT2D eigenvalue weighted by Crippen LogP contribution is 2.42. The summed E-state index contributed by atoms with van der Waals surface area (Å²) in [7, 11) is 0. The zero-order valence-electron chi connectivity index (χ0n) is 14.6. The average molecular weight is 342 g/mol. The molecule has 0 bridgehead atoms. The number of piperidine rings is 1. The van der Waals surface area contributed by atoms with Gasteiger partial charge in [-0.1, -0.05) is 6.07 Å². The van der Waals surface area contributed by atoms with Gasteiger partial charge in [-0.3, -0.25) is 9.88 Å². The molecule has 1 unspecified atom stereocenters. The molecular weight excluding hydrogens is 316 g/mol. The van der Waals surface area contributed by atoms with Crippen molar-refractivity contribution >= 4 is 0 Å². The van der Waals surface area contributed by atoms with Crippen LogP contribution >= 0.6 is 0 Å². The third kappa shape index (κ3) is 4.29. The van der Waals surface area contributed by atoms with Crippen molar-refractivity contribution in [3.8, 4) is 0 Å². The number of furan rings is 1. The van der Waals surface area contributed by atoms with Crippen LogP contribution in [0.3, 0.4) is 0 Å². The molecule has 25 heavy (non-hydrogen) atoms. The molecule has 5 heteroatoms. The van der Waals surface area contributed by atoms with Crippen LogP contribution in [-0.2, 0) is 22.6 Å². The standard InChI is InChI=1S/C20H26N2O3/c1-2-17(11-21-6-1)13-24-15-19-10-20(16-25-19)4-7-22(8-5-20)12-18-3-9-23-14-18/h1-3,6,9,11,14,19H,4-5,7-8,10,12-13,15-16H2. The first-order valence-electron chi connectivity index (χ1n) is 9.13. The van der Waals surface area contributed by atoms with Gasteiger partial charge in [0.2, 0.25) is 0 Å². The zero-order chi connectivity index (χ0) is 17.0. The molecule has 1 spiro atoms. The molecule has 0 saturated carbocycles. The van der Waals surface area contributed by atoms with Crippen molar-refractivity contribution in [3.63, 3.8) is 0 Å². The maximum absolute atomic E-state index is 6.05. The number of hydrogen-bond donors (Lipinski definition) is 0. The van der Waals surface area contributed by atoms with E-state index in [0.29, 0.717) is 18.6 Å². The first-order valence-corrected chi connectivity index (χ1v) is 9.13. The molecule has 0 radical (unpaired) electrons. The van der Waals surface area contributed by atoms with E-state index in [4.69, 9.17) is 13.9 Å². The average Bonchev–Trinajstić information content (AvgIpc) is 3.29. The number of likely N-dealkylation sites (tertiary alicyclic amines) is 1. The first-order chi connectivity index (χ1) is 12.3. The van der Waals surface area contributed by atoms with Crippen LogP contribution in [0.5, 0.6) is 0 Å². The second-order valence-electron chi connectivity index (χ2n) is 7.42. The Morgan fingerprint density at radius 3 is 2.92 bits per heavy atom. The third-order valence-corrected chi connectivity index (χ3v) is 5.48. The predicted molar refractivity (Wildman–Crippen MR) is 93.9 cm³/mol. The van der Waals surface area contributed by atoms with E-state index in [0.717, 1.165) is 38.2 Å². The van der Waals surface area contributed by atoms with E-state index in [1.165, 1.54) is 18.4 Å². The normalized spacial score (nSPS) is 23.3. The smallest absolute Gasteiger partial charge is 0.0947 e. The molecule has 4 heterocycles. The lowest BCUT2D eigenvalue weighted by molar-refractivity contribution is 0.00628. The van der Waals surface area contributed by atoms with Gasteiger partial charge in [0, 0.05) is 24.5 Å². The Morgan fingerprint density at radius 1 is 1.24 bits per heavy atom. The Kier molecular flexibility index (Phi) is 5.15. The van der Waals surface area contributed by atoms with Gasteiger partial charge >= 0.3 is 0 Å². The summed E-state index contributed by atoms with van der Waals surface area (Å²) >= 11 is 0. The molecule has 2 aliphatic heterocycles. The van der Waals surface area contributed by atoms with E-state index in [1.807, 2.05) is 24.6 Å². The van der Waals surface area contributed by atoms with Gasteiger partial charge in [0.1, 0.15) is 0 Å². The lowest BCUT2D eigenvalue weighted by atomic mass is 9.76. The fourth-order valence-electron chi connectivity index (χ4n) is 3.97. The van der Waals surface area contributed by atoms with Crippen LogP contribution in [0.1, 0.15) is 30.4 Å². The number of hydrogen-bond acceptors (Lipinski definition) is 5. The lowest BCUT2D eigenvalue weighted by Crippen LogP contribution is -2.40. The van der Waals surface area contributed by atoms with Crippen LogP contribution in [-0.4, -0.2) is 42.3 Å². The topological polar surface area (TPSA) is 47.7 Å². The summed E-state index contributed by atoms with van der Waals surface area (Å²) in [5.41, 5.74) is 2.73. The highest BCUT2D eigenvalue weighted by atomic mass is 16.5. The summed E-state index contributed by atoms with van der Waals surface area (Å²) in [6.45, 7) is 5.43. The van der Waals surface area contributed by atoms with Crippen LogP contribution in [0, 0.1) is 5.41 Å². The lowest BCUT2D eigenvalue weighted by Gasteiger charge is -2.38. The molecular formula is C20H26N2O3. The fraction of sp³-hybridized carbons (Fsp3) is 0.550. The fourth-order valence-corrected chi connectivity index (χ4v) is 3.97. The van der Waals surface area contributed by atoms with Crippen LogP contribution in [0.25, 0.3) is 0 Å². The van der Waals surface area contributed by atoms with Crippen molar-refractivity contribution < 1.29 is 13.9 Å². The van der Waals surface area contributed by atoms with Crippen molar-refractivity contribution in [2.45, 2.75) is 38.5 Å². The molecule has 134 valence electrons. The molecule has 0 amide bonds. The summed E-state index contributed by atoms with van der Waals surface area (Å²) in [6.07, 6.45) is 11.0. The van der Waals surface area contributed by atoms with E-state index >= 15 is 0 Å². The van der Waals surface area contributed by atoms with Crippen molar-refractivity contribution in [1.29, 1.82) is 0 Å². The predicted octanol–water partition coefficient (Wildman–Crippen LogP) is 3.26. The SMILES string of the molecule is c1cncc(COCC2CC3(CCN(Cc4ccoc4)CC3)CO2)c1. The third-order valence-electron chi connectivity index (χ3n) is 5.48. The van der Waals surface area contributed by atoms with E-state index < -0.39 is 0 Å². The van der Waals surface area contributed by atoms with Crippen molar-refractivity contribution in [3.05, 3.63) is 54.2 Å². The number of aromatic nitrogens is 1. The summed E-state index contributed by atoms with van der Waals surface area (Å²) in [5.74, 6) is 0. The van der Waals surface area contributed by atoms with Crippen molar-refractivity contribution in [2.75, 3.05) is 26.3 Å². The minimum absolute atomic E-state index is 0.233. The number of rotatable bonds is 6. The molecule has 0 N–H and O–H groups in total. The quantitative estimate of drug-likeness (QED) is 0.806. The van der Waals surface area contributed by atoms with E-state index in [2.05, 4.69) is 16.0 Å². The minimum atomic E-state index is 0.233. The number of nitrogens with zero attached hydrogens (tertiary/aromatic N) is 2. The second kappa shape index (κ2) is 7.68. The number of pyridine rings is 1. The van der Waals surface area contributed by atoms with Gasteiger partial charge in [-0.15, -0.1) is 0 Å². The van der Waals surface area contributed by atoms with Gasteiger partial charge in [0.25, 0.3) is 0 Å². The molecule has 2 fully saturated rings. The maximum atomic E-state index is 6.05. The molecule has 4 rings (SSSR count). The van der Waals surface area contributed by atoms with Crippen LogP contribution in [0.4, 0.5) is 0 Å². The summed E-state index contributed by atoms with van der Waals surface area (Å²) < 4.78 is 17.1. The van der Waals surface area contributed by atoms with Crippen LogP contribution in [0.2, 0.25) is 0 Å². The molecule has 2 aromatic heterocycles. The Labute approximate surface area is 148 Å². The summed E-state index contributed by atoms with van der Waals surface area (Å²) in [6, 6.07) is 6.04. The summed E-state index contributed by atoms with van der Waals surface area (Å²) in [4.78, 5) is 6.63. The van der Waals surface area contributed by atoms with Gasteiger partial charge in [-0.05, 0) is 55.5 Å². The monoisotopic (exact) mass is 342 g/mol. The molecule has 1 atom stereocenters. The highest BCUT2D eigenvalue weighted by molar-refractivity contribution is 5.07. The first kappa shape index (κ1) is 16.8. The van der Waals surface area contributed by atoms with Gasteiger partial charge < -0.3 is 13.9 Å². The minimum Gasteiger partial charge on any atom is -0.472 e. The maximum Gasteiger partial charge on any atom is 0.0947 e. The molecule has 2 aromatic rings. The Morgan fingerprint density at radius 2 is 2.16 bits per heavy atom. The zero-order valence-corrected chi connectivity index (χ0v) is 14.6. The molecule has 2 saturated heterocycles. The van der Waals surface area contributed by atoms with E-state index in [-0.39, 0.29) is 6.10 Å². The van der Waals surface area contributed by atoms with E-state index in [9.17, 15) is 0 Å².